The summed E-state index contributed by atoms with van der Waals surface area (Å²) in [4.78, 5) is 0. The Morgan fingerprint density at radius 2 is 0.0588 bits per heavy atom. The van der Waals surface area contributed by atoms with Crippen molar-refractivity contribution in [1.82, 2.24) is 0 Å². The minimum atomic E-state index is 0. The van der Waals surface area contributed by atoms with Gasteiger partial charge < -0.3 is 0 Å². The molecule has 0 fully saturated rings. The van der Waals surface area contributed by atoms with Gasteiger partial charge in [-0.3, -0.25) is 80.0 Å². The first-order chi connectivity index (χ1) is 0. The molecule has 136 valence electrons. The topological polar surface area (TPSA) is 0 Å². The molecule has 0 aliphatic heterocycles. The first-order valence-electron chi connectivity index (χ1n) is 0. The Morgan fingerprint density at radius 3 is 0.0588 bits per heavy atom. The Hall–Kier alpha value is -1.19. The molecule has 0 bridgehead atoms. The fourth-order valence-corrected chi connectivity index (χ4v) is 0. The van der Waals surface area contributed by atoms with E-state index < -0.39 is 0 Å². The highest BCUT2D eigenvalue weighted by Gasteiger charge is -0.253. The predicted octanol–water partition coefficient (Wildman–Crippen LogP) is 2.59. The molecule has 0 rings (SSSR count). The fourth-order valence-electron chi connectivity index (χ4n) is 0. The maximum Gasteiger partial charge on any atom is -0.269 e. The van der Waals surface area contributed by atoms with Crippen LogP contribution in [0.4, 0.5) is 80.0 Å². The maximum absolute atomic E-state index is 0. The molecule has 0 atom stereocenters. The van der Waals surface area contributed by atoms with Gasteiger partial charge in [0.1, 0.15) is 0 Å². The van der Waals surface area contributed by atoms with E-state index in [0.29, 0.717) is 0 Å². The first kappa shape index (κ1) is 2450. The van der Waals surface area contributed by atoms with Gasteiger partial charge >= 0.3 is 0 Å². The average Bonchev–Trinajstić information content (AvgIpc) is 0. The summed E-state index contributed by atoms with van der Waals surface area (Å²) in [6.45, 7) is 0. The molecular formula is H17F17. The van der Waals surface area contributed by atoms with Crippen LogP contribution >= 0.6 is 0 Å². The average molecular weight is 340 g/mol. The van der Waals surface area contributed by atoms with Crippen molar-refractivity contribution in [2.24, 2.45) is 0 Å². The van der Waals surface area contributed by atoms with Gasteiger partial charge in [0.05, 0.1) is 0 Å². The Balaban J connectivity index is 0. The van der Waals surface area contributed by atoms with Gasteiger partial charge in [-0.25, -0.2) is 0 Å². The summed E-state index contributed by atoms with van der Waals surface area (Å²) in [5, 5.41) is 0. The predicted molar refractivity (Wildman–Crippen MR) is 42.6 cm³/mol. The van der Waals surface area contributed by atoms with Gasteiger partial charge in [-0.2, -0.15) is 0 Å². The zero-order valence-corrected chi connectivity index (χ0v) is 6.94. The monoisotopic (exact) mass is 340 g/mol. The van der Waals surface area contributed by atoms with Gasteiger partial charge in [-0.05, 0) is 0 Å². The number of hydrogen-bond acceptors (Lipinski definition) is 0. The van der Waals surface area contributed by atoms with E-state index in [1.54, 1.807) is 0 Å². The molecule has 0 saturated heterocycles. The number of halogens is 17. The Morgan fingerprint density at radius 1 is 0.0588 bits per heavy atom. The van der Waals surface area contributed by atoms with Gasteiger partial charge in [0.15, 0.2) is 0 Å². The van der Waals surface area contributed by atoms with Crippen molar-refractivity contribution >= 4 is 0 Å². The molecule has 0 nitrogen and oxygen atoms in total. The lowest BCUT2D eigenvalue weighted by Gasteiger charge is -0.270. The molecule has 17 heteroatoms. The van der Waals surface area contributed by atoms with E-state index in [1.165, 1.54) is 0 Å². The smallest absolute Gasteiger partial charge is 0.269 e. The zero-order chi connectivity index (χ0) is 0. The van der Waals surface area contributed by atoms with Crippen LogP contribution in [-0.4, -0.2) is 0 Å². The molecule has 17 heavy (non-hydrogen) atoms. The zero-order valence-electron chi connectivity index (χ0n) is 6.94. The molecule has 0 radical (unpaired) electrons. The van der Waals surface area contributed by atoms with Crippen LogP contribution in [0, 0.1) is 0 Å². The Bertz CT molecular complexity index is 0. The van der Waals surface area contributed by atoms with Crippen LogP contribution in [0.3, 0.4) is 0 Å². The summed E-state index contributed by atoms with van der Waals surface area (Å²) in [6, 6.07) is 0. The van der Waals surface area contributed by atoms with Gasteiger partial charge in [-0.1, -0.05) is 0 Å². The van der Waals surface area contributed by atoms with Crippen molar-refractivity contribution in [3.05, 3.63) is 0 Å². The van der Waals surface area contributed by atoms with Gasteiger partial charge in [0.25, 0.3) is 0 Å². The first-order valence-corrected chi connectivity index (χ1v) is 0. The van der Waals surface area contributed by atoms with Crippen molar-refractivity contribution in [1.29, 1.82) is 0 Å². The highest BCUT2D eigenvalue weighted by atomic mass is 19.0. The highest BCUT2D eigenvalue weighted by molar-refractivity contribution is 1.12. The van der Waals surface area contributed by atoms with Crippen molar-refractivity contribution in [3.63, 3.8) is 0 Å². The Kier molecular flexibility index (Phi) is 287000. The van der Waals surface area contributed by atoms with Crippen molar-refractivity contribution in [2.75, 3.05) is 0 Å². The third-order valence-corrected chi connectivity index (χ3v) is 0. The van der Waals surface area contributed by atoms with Crippen molar-refractivity contribution in [3.8, 4) is 0 Å². The van der Waals surface area contributed by atoms with Crippen LogP contribution in [0.25, 0.3) is 0 Å². The molecule has 0 aliphatic carbocycles. The molecular weight excluding hydrogens is 323 g/mol. The summed E-state index contributed by atoms with van der Waals surface area (Å²) < 4.78 is 0. The molecule has 0 spiro atoms. The standard InChI is InChI=1S/17FH/h17*1H. The van der Waals surface area contributed by atoms with E-state index in [-0.39, 0.29) is 80.0 Å². The lowest BCUT2D eigenvalue weighted by molar-refractivity contribution is 1.11. The molecule has 0 saturated carbocycles. The number of hydrogen-bond donors (Lipinski definition) is 0. The molecule has 0 unspecified atom stereocenters. The molecule has 0 amide bonds. The van der Waals surface area contributed by atoms with E-state index in [1.807, 2.05) is 0 Å². The molecule has 0 aromatic heterocycles. The molecule has 0 N–H and O–H groups in total. The van der Waals surface area contributed by atoms with Crippen LogP contribution in [0.15, 0.2) is 0 Å². The normalized spacial score (nSPS) is 0. The summed E-state index contributed by atoms with van der Waals surface area (Å²) in [5.41, 5.74) is 0. The molecule has 0 aromatic carbocycles. The van der Waals surface area contributed by atoms with E-state index in [4.69, 9.17) is 0 Å². The Labute approximate surface area is 81.8 Å². The molecule has 0 aliphatic rings. The second-order valence-electron chi connectivity index (χ2n) is 0. The second-order valence-corrected chi connectivity index (χ2v) is 0. The van der Waals surface area contributed by atoms with Gasteiger partial charge in [-0.15, -0.1) is 0 Å². The molecule has 0 heterocycles. The van der Waals surface area contributed by atoms with E-state index >= 15 is 0 Å². The van der Waals surface area contributed by atoms with Gasteiger partial charge in [0, 0.05) is 0 Å². The van der Waals surface area contributed by atoms with Crippen LogP contribution in [0.1, 0.15) is 0 Å². The van der Waals surface area contributed by atoms with E-state index in [0.717, 1.165) is 0 Å². The minimum absolute atomic E-state index is 0. The highest BCUT2D eigenvalue weighted by Crippen LogP contribution is 0.436. The lowest BCUT2D eigenvalue weighted by atomic mass is 19.0. The third-order valence-electron chi connectivity index (χ3n) is 0. The fraction of sp³-hybridized carbons (Fsp3) is 0. The second kappa shape index (κ2) is 1990. The van der Waals surface area contributed by atoms with E-state index in [2.05, 4.69) is 0 Å². The van der Waals surface area contributed by atoms with Crippen LogP contribution < -0.4 is 0 Å². The summed E-state index contributed by atoms with van der Waals surface area (Å²) >= 11 is 0. The van der Waals surface area contributed by atoms with Crippen LogP contribution in [-0.2, 0) is 0 Å². The lowest BCUT2D eigenvalue weighted by Crippen LogP contribution is 0.419. The van der Waals surface area contributed by atoms with Crippen molar-refractivity contribution in [2.45, 2.75) is 0 Å². The van der Waals surface area contributed by atoms with E-state index in [9.17, 15) is 0 Å². The third kappa shape index (κ3) is 1720. The maximum atomic E-state index is 0. The summed E-state index contributed by atoms with van der Waals surface area (Å²) in [5.74, 6) is 0. The largest absolute Gasteiger partial charge is 0.269 e. The van der Waals surface area contributed by atoms with Crippen molar-refractivity contribution < 1.29 is 80.0 Å². The summed E-state index contributed by atoms with van der Waals surface area (Å²) in [6.07, 6.45) is 0. The van der Waals surface area contributed by atoms with Gasteiger partial charge in [0.2, 0.25) is 0 Å². The quantitative estimate of drug-likeness (QED) is 0.595. The van der Waals surface area contributed by atoms with Crippen LogP contribution in [0.5, 0.6) is 0 Å². The summed E-state index contributed by atoms with van der Waals surface area (Å²) in [7, 11) is 0. The SMILES string of the molecule is F.F.F.F.F.F.F.F.F.F.F.F.F.F.F.F.F. The number of rotatable bonds is 0. The molecule has 0 aromatic rings. The minimum Gasteiger partial charge on any atom is -0.269 e. The van der Waals surface area contributed by atoms with Crippen LogP contribution in [0.2, 0.25) is 0 Å².